The molecule has 0 saturated carbocycles. The molecule has 25 heteroatoms. The van der Waals surface area contributed by atoms with Crippen molar-refractivity contribution >= 4 is 51.0 Å². The van der Waals surface area contributed by atoms with E-state index < -0.39 is 103 Å². The maximum absolute atomic E-state index is 13.6. The van der Waals surface area contributed by atoms with Crippen LogP contribution in [0.5, 0.6) is 0 Å². The molecule has 23 nitrogen and oxygen atoms in total. The molecule has 0 aliphatic heterocycles. The summed E-state index contributed by atoms with van der Waals surface area (Å²) in [5.74, 6) is -3.26. The summed E-state index contributed by atoms with van der Waals surface area (Å²) < 4.78 is 63.9. The van der Waals surface area contributed by atoms with Gasteiger partial charge in [-0.1, -0.05) is 207 Å². The number of Topliss-reactive ketones (excluding diaryl/α,β-unsaturated/α-hetero) is 1. The minimum absolute atomic E-state index is 0.144. The monoisotopic (exact) mass is 1380 g/mol. The molecular weight excluding hydrogens is 1250 g/mol. The standard InChI is InChI=1S/C69H132N4O19P2/c1-6-11-16-21-23-25-27-32-36-41-63(76)52-67(79)72-59(55-86-48-44-61(74)39-34-29-18-13-8-3)57-90-93(82,83)88-50-46-70-65(77)54-66(78)71-47-51-89-94(84,85)91-58-60(56-87-49-45-62(75)40-35-30-19-14-9-4)73-68(80)53-64(42-37-31-20-15-10-5)92-69(81)43-38-33-28-26-24-22-17-12-7-2/h26,28,59-62,64,74-75H,6-25,27,29-58H2,1-5H3,(H,70,77)(H,71,78)(H,72,79)(H,73,80)(H,82,83)(H,84,85)/b28-26-/t59?,60?,61-,62-,64-/m1/s1. The third-order valence-electron chi connectivity index (χ3n) is 15.8. The highest BCUT2D eigenvalue weighted by Gasteiger charge is 2.28. The molecule has 0 saturated heterocycles. The van der Waals surface area contributed by atoms with Gasteiger partial charge in [-0.2, -0.15) is 0 Å². The summed E-state index contributed by atoms with van der Waals surface area (Å²) in [5, 5.41) is 31.2. The number of ketones is 1. The van der Waals surface area contributed by atoms with Gasteiger partial charge in [0, 0.05) is 39.1 Å². The van der Waals surface area contributed by atoms with E-state index in [9.17, 15) is 57.9 Å². The number of unbranched alkanes of at least 4 members (excludes halogenated alkanes) is 25. The predicted molar refractivity (Wildman–Crippen MR) is 369 cm³/mol. The van der Waals surface area contributed by atoms with Gasteiger partial charge in [0.15, 0.2) is 0 Å². The molecule has 0 fully saturated rings. The van der Waals surface area contributed by atoms with Crippen LogP contribution in [0.1, 0.15) is 298 Å². The number of carbonyl (C=O) groups excluding carboxylic acids is 6. The number of hydrogen-bond donors (Lipinski definition) is 8. The van der Waals surface area contributed by atoms with Gasteiger partial charge in [-0.05, 0) is 70.6 Å². The van der Waals surface area contributed by atoms with Crippen LogP contribution in [0.15, 0.2) is 12.2 Å². The van der Waals surface area contributed by atoms with Crippen LogP contribution in [0.2, 0.25) is 0 Å². The van der Waals surface area contributed by atoms with Gasteiger partial charge in [-0.3, -0.25) is 46.9 Å². The van der Waals surface area contributed by atoms with Crippen LogP contribution in [0.25, 0.3) is 0 Å². The fourth-order valence-electron chi connectivity index (χ4n) is 10.2. The van der Waals surface area contributed by atoms with E-state index in [0.29, 0.717) is 44.9 Å². The average molecular weight is 1380 g/mol. The molecule has 8 N–H and O–H groups in total. The number of amides is 4. The highest BCUT2D eigenvalue weighted by molar-refractivity contribution is 7.47. The van der Waals surface area contributed by atoms with E-state index in [1.807, 2.05) is 0 Å². The van der Waals surface area contributed by atoms with E-state index >= 15 is 0 Å². The van der Waals surface area contributed by atoms with E-state index in [4.69, 9.17) is 32.3 Å². The normalized spacial score (nSPS) is 14.6. The van der Waals surface area contributed by atoms with E-state index in [-0.39, 0.29) is 77.0 Å². The molecule has 0 heterocycles. The van der Waals surface area contributed by atoms with Crippen LogP contribution in [0.3, 0.4) is 0 Å². The summed E-state index contributed by atoms with van der Waals surface area (Å²) >= 11 is 0. The topological polar surface area (TPSA) is 330 Å². The molecule has 0 rings (SSSR count). The molecule has 0 spiro atoms. The molecule has 4 amide bonds. The third-order valence-corrected chi connectivity index (χ3v) is 17.8. The Bertz CT molecular complexity index is 2030. The van der Waals surface area contributed by atoms with Crippen molar-refractivity contribution in [1.82, 2.24) is 21.3 Å². The van der Waals surface area contributed by atoms with Gasteiger partial charge in [0.25, 0.3) is 0 Å². The summed E-state index contributed by atoms with van der Waals surface area (Å²) in [6, 6.07) is -1.91. The van der Waals surface area contributed by atoms with Gasteiger partial charge in [0.05, 0.1) is 76.8 Å². The molecule has 552 valence electrons. The van der Waals surface area contributed by atoms with Crippen LogP contribution < -0.4 is 21.3 Å². The average Bonchev–Trinajstić information content (AvgIpc) is 2.19. The lowest BCUT2D eigenvalue weighted by atomic mass is 10.0. The van der Waals surface area contributed by atoms with Gasteiger partial charge < -0.3 is 55.5 Å². The Labute approximate surface area is 566 Å². The second-order valence-corrected chi connectivity index (χ2v) is 28.0. The molecule has 7 atom stereocenters. The summed E-state index contributed by atoms with van der Waals surface area (Å²) in [4.78, 5) is 98.5. The molecule has 0 aliphatic rings. The number of rotatable bonds is 70. The number of aliphatic hydroxyl groups excluding tert-OH is 2. The number of allylic oxidation sites excluding steroid dienone is 2. The SMILES string of the molecule is CCCCCC/C=C\CCCC(=O)O[C@H](CCCCCCC)CC(=O)NC(COCC[C@H](O)CCCCCCC)COP(=O)(O)OCCNC(=O)CC(=O)NCCOP(=O)(O)OCC(COCC[C@H](O)CCCCCCC)NC(=O)CC(=O)CCCCCCCCCCC. The predicted octanol–water partition coefficient (Wildman–Crippen LogP) is 13.3. The van der Waals surface area contributed by atoms with E-state index in [0.717, 1.165) is 135 Å². The van der Waals surface area contributed by atoms with Crippen LogP contribution in [-0.4, -0.2) is 152 Å². The first kappa shape index (κ1) is 90.8. The van der Waals surface area contributed by atoms with Crippen molar-refractivity contribution in [3.8, 4) is 0 Å². The van der Waals surface area contributed by atoms with Crippen LogP contribution in [0, 0.1) is 0 Å². The van der Waals surface area contributed by atoms with Crippen molar-refractivity contribution in [2.75, 3.05) is 65.9 Å². The summed E-state index contributed by atoms with van der Waals surface area (Å²) in [5.41, 5.74) is 0. The van der Waals surface area contributed by atoms with Crippen molar-refractivity contribution in [3.63, 3.8) is 0 Å². The molecular formula is C69H132N4O19P2. The number of hydrogen-bond acceptors (Lipinski definition) is 17. The van der Waals surface area contributed by atoms with Crippen LogP contribution in [0.4, 0.5) is 0 Å². The zero-order valence-corrected chi connectivity index (χ0v) is 60.7. The highest BCUT2D eigenvalue weighted by atomic mass is 31.2. The third kappa shape index (κ3) is 61.2. The Kier molecular flexibility index (Phi) is 61.1. The fourth-order valence-corrected chi connectivity index (χ4v) is 11.7. The summed E-state index contributed by atoms with van der Waals surface area (Å²) in [6.45, 7) is 8.06. The Morgan fingerprint density at radius 2 is 0.798 bits per heavy atom. The largest absolute Gasteiger partial charge is 0.472 e. The maximum Gasteiger partial charge on any atom is 0.472 e. The van der Waals surface area contributed by atoms with Crippen molar-refractivity contribution < 1.29 is 90.2 Å². The Morgan fingerprint density at radius 3 is 1.26 bits per heavy atom. The van der Waals surface area contributed by atoms with Gasteiger partial charge in [-0.25, -0.2) is 9.13 Å². The first-order valence-corrected chi connectivity index (χ1v) is 39.5. The minimum atomic E-state index is -4.79. The number of phosphoric ester groups is 2. The number of esters is 1. The van der Waals surface area contributed by atoms with Crippen molar-refractivity contribution in [3.05, 3.63) is 12.2 Å². The van der Waals surface area contributed by atoms with E-state index in [1.54, 1.807) is 0 Å². The van der Waals surface area contributed by atoms with Crippen LogP contribution in [-0.2, 0) is 70.2 Å². The first-order chi connectivity index (χ1) is 45.3. The fraction of sp³-hybridized carbons (Fsp3) is 0.884. The Hall–Kier alpha value is -3.18. The lowest BCUT2D eigenvalue weighted by Gasteiger charge is -2.23. The molecule has 0 radical (unpaired) electrons. The second-order valence-electron chi connectivity index (χ2n) is 25.1. The second kappa shape index (κ2) is 63.3. The summed E-state index contributed by atoms with van der Waals surface area (Å²) in [6.07, 6.45) is 36.4. The van der Waals surface area contributed by atoms with Crippen molar-refractivity contribution in [2.24, 2.45) is 0 Å². The van der Waals surface area contributed by atoms with Crippen molar-refractivity contribution in [2.45, 2.75) is 328 Å². The van der Waals surface area contributed by atoms with Gasteiger partial charge >= 0.3 is 21.6 Å². The summed E-state index contributed by atoms with van der Waals surface area (Å²) in [7, 11) is -9.56. The quantitative estimate of drug-likeness (QED) is 0.00922. The number of phosphoric acid groups is 2. The molecule has 0 aliphatic carbocycles. The van der Waals surface area contributed by atoms with Gasteiger partial charge in [-0.15, -0.1) is 0 Å². The molecule has 4 unspecified atom stereocenters. The Morgan fingerprint density at radius 1 is 0.404 bits per heavy atom. The first-order valence-electron chi connectivity index (χ1n) is 36.5. The number of carbonyl (C=O) groups is 6. The van der Waals surface area contributed by atoms with Gasteiger partial charge in [0.2, 0.25) is 23.6 Å². The molecule has 0 aromatic carbocycles. The van der Waals surface area contributed by atoms with Crippen molar-refractivity contribution in [1.29, 1.82) is 0 Å². The zero-order valence-electron chi connectivity index (χ0n) is 58.9. The molecule has 0 aromatic rings. The number of nitrogens with one attached hydrogen (secondary N) is 4. The van der Waals surface area contributed by atoms with Gasteiger partial charge in [0.1, 0.15) is 18.3 Å². The molecule has 94 heavy (non-hydrogen) atoms. The minimum Gasteiger partial charge on any atom is -0.462 e. The maximum atomic E-state index is 13.6. The number of aliphatic hydroxyl groups is 2. The van der Waals surface area contributed by atoms with Crippen LogP contribution >= 0.6 is 15.6 Å². The highest BCUT2D eigenvalue weighted by Crippen LogP contribution is 2.43. The lowest BCUT2D eigenvalue weighted by Crippen LogP contribution is -2.43. The molecule has 0 aromatic heterocycles. The smallest absolute Gasteiger partial charge is 0.462 e. The zero-order chi connectivity index (χ0) is 69.6. The lowest BCUT2D eigenvalue weighted by molar-refractivity contribution is -0.151. The van der Waals surface area contributed by atoms with E-state index in [1.165, 1.54) is 51.4 Å². The number of ether oxygens (including phenoxy) is 3. The Balaban J connectivity index is 5.35. The van der Waals surface area contributed by atoms with E-state index in [2.05, 4.69) is 68.0 Å². The molecule has 0 bridgehead atoms.